The third-order valence-corrected chi connectivity index (χ3v) is 13.5. The van der Waals surface area contributed by atoms with Gasteiger partial charge in [-0.3, -0.25) is 9.13 Å². The van der Waals surface area contributed by atoms with E-state index in [1.54, 1.807) is 66.3 Å². The molecule has 0 aliphatic heterocycles. The predicted molar refractivity (Wildman–Crippen MR) is 436 cm³/mol. The molecule has 7 amide bonds. The Hall–Kier alpha value is -13.8. The molecule has 0 spiro atoms. The maximum absolute atomic E-state index is 11.9. The molecule has 116 heavy (non-hydrogen) atoms. The minimum absolute atomic E-state index is 0. The molecule has 0 saturated heterocycles. The summed E-state index contributed by atoms with van der Waals surface area (Å²) in [7, 11) is 0. The number of carbonyl (C=O) groups is 8. The van der Waals surface area contributed by atoms with Crippen LogP contribution in [0, 0.1) is 71.0 Å². The van der Waals surface area contributed by atoms with Gasteiger partial charge in [-0.25, -0.2) is 48.3 Å². The van der Waals surface area contributed by atoms with Crippen LogP contribution in [-0.4, -0.2) is 134 Å². The maximum atomic E-state index is 11.9. The number of hydrogen-bond donors (Lipinski definition) is 12. The normalized spacial score (nSPS) is 9.81. The largest absolute Gasteiger partial charge is 0.444 e. The quantitative estimate of drug-likeness (QED) is 0.0236. The van der Waals surface area contributed by atoms with E-state index in [1.165, 1.54) is 21.8 Å². The molecule has 5 aromatic carbocycles. The number of ether oxygens (including phenoxy) is 7. The fourth-order valence-electron chi connectivity index (χ4n) is 8.07. The summed E-state index contributed by atoms with van der Waals surface area (Å²) < 4.78 is 38.1. The van der Waals surface area contributed by atoms with Gasteiger partial charge in [-0.2, -0.15) is 0 Å². The van der Waals surface area contributed by atoms with Crippen LogP contribution in [-0.2, 0) is 98.6 Å². The average molecular weight is 1590 g/mol. The lowest BCUT2D eigenvalue weighted by Gasteiger charge is -2.19. The van der Waals surface area contributed by atoms with Crippen molar-refractivity contribution >= 4 is 48.7 Å². The Morgan fingerprint density at radius 3 is 0.690 bits per heavy atom. The molecule has 31 nitrogen and oxygen atoms in total. The number of aromatic nitrogens is 4. The average Bonchev–Trinajstić information content (AvgIpc) is 1.73. The molecule has 0 saturated carbocycles. The molecule has 0 unspecified atom stereocenters. The van der Waals surface area contributed by atoms with Crippen molar-refractivity contribution < 1.29 is 81.7 Å². The second kappa shape index (κ2) is 56.5. The van der Waals surface area contributed by atoms with Crippen LogP contribution in [0.3, 0.4) is 0 Å². The van der Waals surface area contributed by atoms with E-state index in [4.69, 9.17) is 60.6 Å². The third kappa shape index (κ3) is 49.5. The number of nitrogens with two attached hydrogens (primary N) is 3. The standard InChI is InChI=1S/C34H42N4O8.C24H26N4O4.C13H20N2O2.C7H6N4O.C6H6O2.CH4/c1-33(2,3)45-31(41)37-23-27-15-11-25(12-16-27)21-35-29(39)43-19-9-7-8-10-20-44-30(40)36-22-26-13-17-28(18-14-26)24-38-32(42)46-34(4,5)6;25-15-19-5-9-21(10-6-19)17-27-23(29)31-13-3-1-2-4-14-32-24(30)28-18-22-11-7-20(16-26)8-12-22;1-13(2,3)17-12(16)15-9-11-6-4-10(8-14)5-7-11;12-7(10-3-1-8-5-10)11-4-2-9-6-11;7-5-3-1-2-4-6-8;/h11-18H,19-24H2,1-6H3,(H,35,39)(H,36,40)(H,37,41)(H,38,42);5-12H,13-18,25-26H2,(H,27,29)(H,28,30);4-7H,8-9,14H2,1-3H3,(H,15,16);1-6H;7-8H,5-6H2;1H4. The van der Waals surface area contributed by atoms with Crippen LogP contribution in [0.5, 0.6) is 0 Å². The van der Waals surface area contributed by atoms with Crippen LogP contribution in [0.15, 0.2) is 159 Å². The lowest BCUT2D eigenvalue weighted by molar-refractivity contribution is 0.0512. The molecule has 15 N–H and O–H groups in total. The van der Waals surface area contributed by atoms with E-state index >= 15 is 0 Å². The maximum Gasteiger partial charge on any atom is 0.408 e. The Labute approximate surface area is 678 Å². The molecule has 0 atom stereocenters. The highest BCUT2D eigenvalue weighted by atomic mass is 16.6. The van der Waals surface area contributed by atoms with Crippen molar-refractivity contribution in [1.29, 1.82) is 0 Å². The number of nitrogens with one attached hydrogen (secondary N) is 7. The highest BCUT2D eigenvalue weighted by Crippen LogP contribution is 2.13. The molecule has 0 aliphatic rings. The third-order valence-electron chi connectivity index (χ3n) is 13.5. The van der Waals surface area contributed by atoms with Crippen LogP contribution in [0.2, 0.25) is 0 Å². The Bertz CT molecular complexity index is 4280. The van der Waals surface area contributed by atoms with Crippen molar-refractivity contribution in [3.8, 4) is 71.0 Å². The Balaban J connectivity index is 0.000000556. The zero-order valence-electron chi connectivity index (χ0n) is 65.9. The monoisotopic (exact) mass is 1590 g/mol. The van der Waals surface area contributed by atoms with Crippen molar-refractivity contribution in [3.63, 3.8) is 0 Å². The number of aliphatic hydroxyl groups excluding tert-OH is 2. The van der Waals surface area contributed by atoms with Gasteiger partial charge in [0.15, 0.2) is 26.4 Å². The van der Waals surface area contributed by atoms with Gasteiger partial charge in [0.25, 0.3) is 0 Å². The predicted octanol–water partition coefficient (Wildman–Crippen LogP) is 9.04. The van der Waals surface area contributed by atoms with Gasteiger partial charge in [0.1, 0.15) is 42.7 Å². The molecule has 0 aliphatic carbocycles. The van der Waals surface area contributed by atoms with Crippen LogP contribution in [0.4, 0.5) is 38.4 Å². The van der Waals surface area contributed by atoms with Gasteiger partial charge < -0.3 is 97.8 Å². The summed E-state index contributed by atoms with van der Waals surface area (Å²) in [4.78, 5) is 101. The van der Waals surface area contributed by atoms with E-state index in [-0.39, 0.29) is 66.2 Å². The van der Waals surface area contributed by atoms with Crippen LogP contribution in [0.25, 0.3) is 0 Å². The number of aliphatic hydroxyl groups is 2. The van der Waals surface area contributed by atoms with E-state index in [9.17, 15) is 38.4 Å². The summed E-state index contributed by atoms with van der Waals surface area (Å²) in [6.07, 6.45) is 5.36. The van der Waals surface area contributed by atoms with Crippen molar-refractivity contribution in [2.75, 3.05) is 39.6 Å². The molecule has 7 aromatic rings. The van der Waals surface area contributed by atoms with Crippen LogP contribution < -0.4 is 54.4 Å². The Morgan fingerprint density at radius 2 is 0.517 bits per heavy atom. The topological polar surface area (TPSA) is 440 Å². The molecular formula is C85H104N14O17. The number of imidazole rings is 2. The van der Waals surface area contributed by atoms with Crippen molar-refractivity contribution in [3.05, 3.63) is 214 Å². The number of carbonyl (C=O) groups excluding carboxylic acids is 8. The molecule has 616 valence electrons. The number of nitrogens with zero attached hydrogens (tertiary/aromatic N) is 4. The first-order valence-corrected chi connectivity index (χ1v) is 35.6. The summed E-state index contributed by atoms with van der Waals surface area (Å²) in [6.45, 7) is 19.2. The van der Waals surface area contributed by atoms with E-state index in [0.29, 0.717) is 52.4 Å². The van der Waals surface area contributed by atoms with Crippen LogP contribution in [0.1, 0.15) is 125 Å². The summed E-state index contributed by atoms with van der Waals surface area (Å²) in [5, 5.41) is 34.7. The molecule has 0 radical (unpaired) electrons. The van der Waals surface area contributed by atoms with Gasteiger partial charge in [-0.05, 0) is 177 Å². The summed E-state index contributed by atoms with van der Waals surface area (Å²) >= 11 is 0. The summed E-state index contributed by atoms with van der Waals surface area (Å²) in [5.74, 6) is 29.7. The SMILES string of the molecule is C.CC(C)(C)OC(=O)NCc1ccc(CN)cc1.CC(C)(C)OC(=O)NCc1ccc(CNC(=O)OCC#CC#CCOC(=O)NCc2ccc(CNC(=O)OC(C)(C)C)cc2)cc1.NCc1ccc(CNC(=O)OCC#CC#CCOC(=O)NCc2ccc(CN)cc2)cc1.O=C(n1ccnc1)n1ccnc1.OCC#CC#CCO. The van der Waals surface area contributed by atoms with E-state index in [0.717, 1.165) is 55.6 Å². The number of alkyl carbamates (subject to hydrolysis) is 7. The second-order valence-electron chi connectivity index (χ2n) is 26.3. The van der Waals surface area contributed by atoms with Gasteiger partial charge in [0.2, 0.25) is 0 Å². The zero-order chi connectivity index (χ0) is 84.5. The van der Waals surface area contributed by atoms with Gasteiger partial charge in [0.05, 0.1) is 0 Å². The molecule has 0 fully saturated rings. The zero-order valence-corrected chi connectivity index (χ0v) is 65.9. The smallest absolute Gasteiger partial charge is 0.408 e. The van der Waals surface area contributed by atoms with E-state index in [2.05, 4.69) is 118 Å². The number of benzene rings is 5. The lowest BCUT2D eigenvalue weighted by atomic mass is 10.1. The first-order chi connectivity index (χ1) is 55.0. The van der Waals surface area contributed by atoms with Crippen molar-refractivity contribution in [1.82, 2.24) is 56.3 Å². The summed E-state index contributed by atoms with van der Waals surface area (Å²) in [5.41, 5.74) is 24.5. The molecule has 0 bridgehead atoms. The minimum atomic E-state index is -0.634. The van der Waals surface area contributed by atoms with Crippen molar-refractivity contribution in [2.45, 2.75) is 152 Å². The number of amides is 7. The highest BCUT2D eigenvalue weighted by Gasteiger charge is 2.18. The Kier molecular flexibility index (Phi) is 47.8. The summed E-state index contributed by atoms with van der Waals surface area (Å²) in [6, 6.07) is 37.5. The second-order valence-corrected chi connectivity index (χ2v) is 26.3. The number of rotatable bonds is 21. The van der Waals surface area contributed by atoms with Gasteiger partial charge in [0, 0.05) is 90.2 Å². The first kappa shape index (κ1) is 98.3. The molecule has 7 rings (SSSR count). The fourth-order valence-corrected chi connectivity index (χ4v) is 8.07. The van der Waals surface area contributed by atoms with Crippen molar-refractivity contribution in [2.24, 2.45) is 17.2 Å². The van der Waals surface area contributed by atoms with Gasteiger partial charge >= 0.3 is 48.7 Å². The van der Waals surface area contributed by atoms with E-state index < -0.39 is 59.5 Å². The molecular weight excluding hydrogens is 1490 g/mol. The minimum Gasteiger partial charge on any atom is -0.444 e. The van der Waals surface area contributed by atoms with Gasteiger partial charge in [-0.15, -0.1) is 0 Å². The van der Waals surface area contributed by atoms with E-state index in [1.807, 2.05) is 142 Å². The lowest BCUT2D eigenvalue weighted by Crippen LogP contribution is -2.32. The molecule has 2 aromatic heterocycles. The van der Waals surface area contributed by atoms with Crippen LogP contribution >= 0.6 is 0 Å². The molecule has 2 heterocycles. The fraction of sp³-hybridized carbons (Fsp3) is 0.341. The van der Waals surface area contributed by atoms with Gasteiger partial charge in [-0.1, -0.05) is 141 Å². The Morgan fingerprint density at radius 1 is 0.328 bits per heavy atom. The first-order valence-electron chi connectivity index (χ1n) is 35.6. The highest BCUT2D eigenvalue weighted by molar-refractivity contribution is 5.78. The molecule has 31 heteroatoms. The number of hydrogen-bond acceptors (Lipinski definition) is 22.